The van der Waals surface area contributed by atoms with Gasteiger partial charge >= 0.3 is 0 Å². The molecule has 4 heteroatoms. The summed E-state index contributed by atoms with van der Waals surface area (Å²) in [5.74, 6) is -0.391. The van der Waals surface area contributed by atoms with Crippen molar-refractivity contribution in [2.75, 3.05) is 0 Å². The predicted octanol–water partition coefficient (Wildman–Crippen LogP) is 0.890. The van der Waals surface area contributed by atoms with Gasteiger partial charge in [0.25, 0.3) is 0 Å². The SMILES string of the molecule is Cc1cccc(CNC2CCC(=O)NC2=O)c1. The third-order valence-electron chi connectivity index (χ3n) is 2.87. The van der Waals surface area contributed by atoms with Crippen molar-refractivity contribution in [3.8, 4) is 0 Å². The number of carbonyl (C=O) groups is 2. The average molecular weight is 232 g/mol. The average Bonchev–Trinajstić information content (AvgIpc) is 2.28. The van der Waals surface area contributed by atoms with Crippen LogP contribution in [-0.4, -0.2) is 17.9 Å². The van der Waals surface area contributed by atoms with Gasteiger partial charge in [-0.05, 0) is 18.9 Å². The molecule has 1 aliphatic rings. The molecule has 2 amide bonds. The van der Waals surface area contributed by atoms with Crippen molar-refractivity contribution in [3.05, 3.63) is 35.4 Å². The van der Waals surface area contributed by atoms with Gasteiger partial charge in [0, 0.05) is 13.0 Å². The monoisotopic (exact) mass is 232 g/mol. The summed E-state index contributed by atoms with van der Waals surface area (Å²) in [6, 6.07) is 7.88. The highest BCUT2D eigenvalue weighted by Crippen LogP contribution is 2.07. The van der Waals surface area contributed by atoms with E-state index >= 15 is 0 Å². The maximum absolute atomic E-state index is 11.5. The molecule has 1 heterocycles. The summed E-state index contributed by atoms with van der Waals surface area (Å²) in [4.78, 5) is 22.5. The van der Waals surface area contributed by atoms with Crippen molar-refractivity contribution in [2.45, 2.75) is 32.4 Å². The highest BCUT2D eigenvalue weighted by atomic mass is 16.2. The lowest BCUT2D eigenvalue weighted by molar-refractivity contribution is -0.134. The number of carbonyl (C=O) groups excluding carboxylic acids is 2. The fraction of sp³-hybridized carbons (Fsp3) is 0.385. The van der Waals surface area contributed by atoms with Crippen LogP contribution in [0.1, 0.15) is 24.0 Å². The Balaban J connectivity index is 1.90. The molecule has 2 N–H and O–H groups in total. The Bertz CT molecular complexity index is 443. The van der Waals surface area contributed by atoms with Crippen LogP contribution in [0.3, 0.4) is 0 Å². The molecule has 2 rings (SSSR count). The third-order valence-corrected chi connectivity index (χ3v) is 2.87. The summed E-state index contributed by atoms with van der Waals surface area (Å²) in [6.07, 6.45) is 0.994. The van der Waals surface area contributed by atoms with E-state index in [2.05, 4.69) is 16.7 Å². The van der Waals surface area contributed by atoms with Crippen LogP contribution < -0.4 is 10.6 Å². The van der Waals surface area contributed by atoms with Crippen molar-refractivity contribution >= 4 is 11.8 Å². The zero-order chi connectivity index (χ0) is 12.3. The lowest BCUT2D eigenvalue weighted by atomic mass is 10.1. The van der Waals surface area contributed by atoms with Gasteiger partial charge in [-0.15, -0.1) is 0 Å². The molecule has 0 radical (unpaired) electrons. The van der Waals surface area contributed by atoms with Crippen LogP contribution >= 0.6 is 0 Å². The minimum absolute atomic E-state index is 0.177. The van der Waals surface area contributed by atoms with Crippen LogP contribution in [0.2, 0.25) is 0 Å². The number of aryl methyl sites for hydroxylation is 1. The Morgan fingerprint density at radius 2 is 2.24 bits per heavy atom. The highest BCUT2D eigenvalue weighted by molar-refractivity contribution is 6.00. The first kappa shape index (κ1) is 11.8. The molecule has 1 unspecified atom stereocenters. The van der Waals surface area contributed by atoms with E-state index in [0.29, 0.717) is 19.4 Å². The molecule has 1 fully saturated rings. The quantitative estimate of drug-likeness (QED) is 0.761. The van der Waals surface area contributed by atoms with E-state index in [1.54, 1.807) is 0 Å². The summed E-state index contributed by atoms with van der Waals surface area (Å²) < 4.78 is 0. The van der Waals surface area contributed by atoms with Gasteiger partial charge in [0.2, 0.25) is 11.8 Å². The van der Waals surface area contributed by atoms with Crippen LogP contribution in [0, 0.1) is 6.92 Å². The minimum Gasteiger partial charge on any atom is -0.302 e. The van der Waals surface area contributed by atoms with Crippen LogP contribution in [0.15, 0.2) is 24.3 Å². The first-order valence-corrected chi connectivity index (χ1v) is 5.78. The highest BCUT2D eigenvalue weighted by Gasteiger charge is 2.25. The van der Waals surface area contributed by atoms with Crippen LogP contribution in [0.25, 0.3) is 0 Å². The number of hydrogen-bond donors (Lipinski definition) is 2. The molecule has 0 aliphatic carbocycles. The Morgan fingerprint density at radius 3 is 2.94 bits per heavy atom. The second-order valence-electron chi connectivity index (χ2n) is 4.37. The first-order chi connectivity index (χ1) is 8.15. The van der Waals surface area contributed by atoms with E-state index in [1.165, 1.54) is 5.56 Å². The molecular weight excluding hydrogens is 216 g/mol. The Kier molecular flexibility index (Phi) is 3.54. The Morgan fingerprint density at radius 1 is 1.41 bits per heavy atom. The number of nitrogens with one attached hydrogen (secondary N) is 2. The number of imide groups is 1. The van der Waals surface area contributed by atoms with Crippen molar-refractivity contribution in [1.82, 2.24) is 10.6 Å². The smallest absolute Gasteiger partial charge is 0.243 e. The molecule has 0 spiro atoms. The van der Waals surface area contributed by atoms with Gasteiger partial charge in [-0.2, -0.15) is 0 Å². The number of piperidine rings is 1. The summed E-state index contributed by atoms with van der Waals surface area (Å²) in [5.41, 5.74) is 2.35. The van der Waals surface area contributed by atoms with Gasteiger partial charge in [0.05, 0.1) is 6.04 Å². The van der Waals surface area contributed by atoms with Crippen molar-refractivity contribution in [2.24, 2.45) is 0 Å². The maximum Gasteiger partial charge on any atom is 0.243 e. The topological polar surface area (TPSA) is 58.2 Å². The van der Waals surface area contributed by atoms with Gasteiger partial charge in [0.15, 0.2) is 0 Å². The van der Waals surface area contributed by atoms with Crippen molar-refractivity contribution in [1.29, 1.82) is 0 Å². The Hall–Kier alpha value is -1.68. The second-order valence-corrected chi connectivity index (χ2v) is 4.37. The molecule has 1 saturated heterocycles. The van der Waals surface area contributed by atoms with E-state index in [4.69, 9.17) is 0 Å². The standard InChI is InChI=1S/C13H16N2O2/c1-9-3-2-4-10(7-9)8-14-11-5-6-12(16)15-13(11)17/h2-4,7,11,14H,5-6,8H2,1H3,(H,15,16,17). The number of rotatable bonds is 3. The van der Waals surface area contributed by atoms with Gasteiger partial charge in [0.1, 0.15) is 0 Å². The zero-order valence-electron chi connectivity index (χ0n) is 9.82. The maximum atomic E-state index is 11.5. The number of amides is 2. The fourth-order valence-electron chi connectivity index (χ4n) is 1.95. The lowest BCUT2D eigenvalue weighted by Crippen LogP contribution is -2.50. The molecule has 1 atom stereocenters. The van der Waals surface area contributed by atoms with E-state index in [-0.39, 0.29) is 17.9 Å². The molecular formula is C13H16N2O2. The van der Waals surface area contributed by atoms with E-state index in [1.807, 2.05) is 25.1 Å². The van der Waals surface area contributed by atoms with Crippen LogP contribution in [0.5, 0.6) is 0 Å². The van der Waals surface area contributed by atoms with Crippen molar-refractivity contribution < 1.29 is 9.59 Å². The summed E-state index contributed by atoms with van der Waals surface area (Å²) in [7, 11) is 0. The van der Waals surface area contributed by atoms with Gasteiger partial charge in [-0.25, -0.2) is 0 Å². The fourth-order valence-corrected chi connectivity index (χ4v) is 1.95. The van der Waals surface area contributed by atoms with E-state index in [9.17, 15) is 9.59 Å². The second kappa shape index (κ2) is 5.10. The molecule has 0 bridgehead atoms. The zero-order valence-corrected chi connectivity index (χ0v) is 9.82. The third kappa shape index (κ3) is 3.14. The van der Waals surface area contributed by atoms with Crippen LogP contribution in [-0.2, 0) is 16.1 Å². The molecule has 0 saturated carbocycles. The van der Waals surface area contributed by atoms with Gasteiger partial charge in [-0.1, -0.05) is 29.8 Å². The first-order valence-electron chi connectivity index (χ1n) is 5.78. The molecule has 4 nitrogen and oxygen atoms in total. The summed E-state index contributed by atoms with van der Waals surface area (Å²) >= 11 is 0. The summed E-state index contributed by atoms with van der Waals surface area (Å²) in [5, 5.41) is 5.51. The van der Waals surface area contributed by atoms with E-state index < -0.39 is 0 Å². The molecule has 1 aromatic rings. The number of benzene rings is 1. The summed E-state index contributed by atoms with van der Waals surface area (Å²) in [6.45, 7) is 2.68. The van der Waals surface area contributed by atoms with Crippen molar-refractivity contribution in [3.63, 3.8) is 0 Å². The predicted molar refractivity (Wildman–Crippen MR) is 64.2 cm³/mol. The molecule has 1 aromatic carbocycles. The molecule has 17 heavy (non-hydrogen) atoms. The Labute approximate surface area is 100 Å². The van der Waals surface area contributed by atoms with Crippen LogP contribution in [0.4, 0.5) is 0 Å². The molecule has 0 aromatic heterocycles. The molecule has 1 aliphatic heterocycles. The van der Waals surface area contributed by atoms with E-state index in [0.717, 1.165) is 5.56 Å². The minimum atomic E-state index is -0.256. The van der Waals surface area contributed by atoms with Gasteiger partial charge in [-0.3, -0.25) is 14.9 Å². The number of hydrogen-bond acceptors (Lipinski definition) is 3. The molecule has 90 valence electrons. The van der Waals surface area contributed by atoms with Gasteiger partial charge < -0.3 is 5.32 Å². The largest absolute Gasteiger partial charge is 0.302 e. The normalized spacial score (nSPS) is 20.2. The lowest BCUT2D eigenvalue weighted by Gasteiger charge is -2.21.